The maximum Gasteiger partial charge on any atom is 0.160 e. The Morgan fingerprint density at radius 1 is 1.09 bits per heavy atom. The van der Waals surface area contributed by atoms with Crippen molar-refractivity contribution in [3.05, 3.63) is 23.8 Å². The van der Waals surface area contributed by atoms with E-state index >= 15 is 0 Å². The molecule has 1 rings (SSSR count). The van der Waals surface area contributed by atoms with Crippen LogP contribution in [0, 0.1) is 0 Å². The Balaban J connectivity index is 2.45. The zero-order valence-corrected chi connectivity index (χ0v) is 15.5. The van der Waals surface area contributed by atoms with E-state index in [-0.39, 0.29) is 0 Å². The molecule has 0 unspecified atom stereocenters. The van der Waals surface area contributed by atoms with E-state index in [0.29, 0.717) is 12.1 Å². The minimum Gasteiger partial charge on any atom is -0.493 e. The predicted octanol–water partition coefficient (Wildman–Crippen LogP) is 3.55. The summed E-state index contributed by atoms with van der Waals surface area (Å²) in [4.78, 5) is 0. The van der Waals surface area contributed by atoms with Crippen molar-refractivity contribution in [3.63, 3.8) is 0 Å². The maximum atomic E-state index is 9.76. The Bertz CT molecular complexity index is 468. The number of hydrogen-bond donors (Lipinski definition) is 2. The van der Waals surface area contributed by atoms with Crippen molar-refractivity contribution in [2.24, 2.45) is 0 Å². The highest BCUT2D eigenvalue weighted by Crippen LogP contribution is 2.28. The molecule has 0 bridgehead atoms. The van der Waals surface area contributed by atoms with Crippen molar-refractivity contribution in [3.8, 4) is 11.5 Å². The first-order valence-corrected chi connectivity index (χ1v) is 8.44. The number of methoxy groups -OCH3 is 2. The molecule has 0 aliphatic heterocycles. The molecule has 0 heterocycles. The number of aliphatic hydroxyl groups is 1. The number of rotatable bonds is 10. The fraction of sp³-hybridized carbons (Fsp3) is 0.684. The van der Waals surface area contributed by atoms with Crippen LogP contribution in [0.3, 0.4) is 0 Å². The van der Waals surface area contributed by atoms with Crippen molar-refractivity contribution in [1.29, 1.82) is 0 Å². The Morgan fingerprint density at radius 2 is 1.74 bits per heavy atom. The molecule has 1 aromatic carbocycles. The van der Waals surface area contributed by atoms with Gasteiger partial charge in [-0.2, -0.15) is 0 Å². The summed E-state index contributed by atoms with van der Waals surface area (Å²) in [6, 6.07) is 6.89. The fourth-order valence-corrected chi connectivity index (χ4v) is 2.83. The third kappa shape index (κ3) is 7.71. The van der Waals surface area contributed by atoms with Crippen LogP contribution >= 0.6 is 0 Å². The van der Waals surface area contributed by atoms with Crippen LogP contribution in [0.2, 0.25) is 0 Å². The van der Waals surface area contributed by atoms with Crippen LogP contribution in [0.15, 0.2) is 18.2 Å². The lowest BCUT2D eigenvalue weighted by Gasteiger charge is -2.22. The topological polar surface area (TPSA) is 50.7 Å². The van der Waals surface area contributed by atoms with Gasteiger partial charge in [0.25, 0.3) is 0 Å². The number of hydrogen-bond acceptors (Lipinski definition) is 4. The predicted molar refractivity (Wildman–Crippen MR) is 95.5 cm³/mol. The lowest BCUT2D eigenvalue weighted by molar-refractivity contribution is 0.0674. The maximum absolute atomic E-state index is 9.76. The largest absolute Gasteiger partial charge is 0.493 e. The normalized spacial score (nSPS) is 14.4. The van der Waals surface area contributed by atoms with Crippen molar-refractivity contribution < 1.29 is 14.6 Å². The molecule has 4 heteroatoms. The molecular formula is C19H33NO3. The summed E-state index contributed by atoms with van der Waals surface area (Å²) < 4.78 is 10.6. The first-order valence-electron chi connectivity index (χ1n) is 8.44. The van der Waals surface area contributed by atoms with Gasteiger partial charge in [0.05, 0.1) is 19.8 Å². The highest BCUT2D eigenvalue weighted by atomic mass is 16.5. The molecule has 0 aliphatic carbocycles. The van der Waals surface area contributed by atoms with Gasteiger partial charge in [-0.05, 0) is 71.1 Å². The summed E-state index contributed by atoms with van der Waals surface area (Å²) in [6.07, 6.45) is 3.88. The van der Waals surface area contributed by atoms with Crippen LogP contribution in [0.5, 0.6) is 11.5 Å². The first-order chi connectivity index (χ1) is 10.7. The minimum absolute atomic E-state index is 0.380. The van der Waals surface area contributed by atoms with Gasteiger partial charge in [-0.15, -0.1) is 0 Å². The molecule has 0 aromatic heterocycles. The number of ether oxygens (including phenoxy) is 2. The first kappa shape index (κ1) is 19.8. The standard InChI is InChI=1S/C19H33NO3/c1-14(8-7-11-19(3,4)21)20-15(2)12-16-9-10-17(22-5)18(13-16)23-6/h9-10,13-15,20-21H,7-8,11-12H2,1-6H3/t14-,15+/m0/s1. The van der Waals surface area contributed by atoms with Crippen molar-refractivity contribution in [2.75, 3.05) is 14.2 Å². The third-order valence-electron chi connectivity index (χ3n) is 3.98. The smallest absolute Gasteiger partial charge is 0.160 e. The van der Waals surface area contributed by atoms with Crippen LogP contribution in [-0.4, -0.2) is 37.0 Å². The van der Waals surface area contributed by atoms with E-state index in [2.05, 4.69) is 25.2 Å². The Morgan fingerprint density at radius 3 is 2.30 bits per heavy atom. The van der Waals surface area contributed by atoms with Gasteiger partial charge in [0.2, 0.25) is 0 Å². The zero-order valence-electron chi connectivity index (χ0n) is 15.5. The summed E-state index contributed by atoms with van der Waals surface area (Å²) in [5, 5.41) is 13.4. The Labute approximate surface area is 141 Å². The molecular weight excluding hydrogens is 290 g/mol. The lowest BCUT2D eigenvalue weighted by Crippen LogP contribution is -2.36. The molecule has 4 nitrogen and oxygen atoms in total. The second-order valence-electron chi connectivity index (χ2n) is 7.07. The van der Waals surface area contributed by atoms with Crippen LogP contribution in [-0.2, 0) is 6.42 Å². The molecule has 0 fully saturated rings. The molecule has 0 saturated heterocycles. The van der Waals surface area contributed by atoms with E-state index in [4.69, 9.17) is 9.47 Å². The van der Waals surface area contributed by atoms with E-state index < -0.39 is 5.60 Å². The van der Waals surface area contributed by atoms with E-state index in [1.54, 1.807) is 14.2 Å². The van der Waals surface area contributed by atoms with Crippen LogP contribution < -0.4 is 14.8 Å². The van der Waals surface area contributed by atoms with Gasteiger partial charge in [-0.25, -0.2) is 0 Å². The summed E-state index contributed by atoms with van der Waals surface area (Å²) >= 11 is 0. The molecule has 0 aliphatic rings. The van der Waals surface area contributed by atoms with Crippen LogP contribution in [0.1, 0.15) is 52.5 Å². The summed E-state index contributed by atoms with van der Waals surface area (Å²) in [6.45, 7) is 8.13. The quantitative estimate of drug-likeness (QED) is 0.691. The number of benzene rings is 1. The monoisotopic (exact) mass is 323 g/mol. The second-order valence-corrected chi connectivity index (χ2v) is 7.07. The van der Waals surface area contributed by atoms with Crippen LogP contribution in [0.25, 0.3) is 0 Å². The summed E-state index contributed by atoms with van der Waals surface area (Å²) in [5.74, 6) is 1.53. The van der Waals surface area contributed by atoms with Gasteiger partial charge in [-0.3, -0.25) is 0 Å². The molecule has 2 N–H and O–H groups in total. The van der Waals surface area contributed by atoms with Crippen molar-refractivity contribution in [2.45, 2.75) is 71.1 Å². The highest BCUT2D eigenvalue weighted by molar-refractivity contribution is 5.43. The molecule has 2 atom stereocenters. The van der Waals surface area contributed by atoms with Gasteiger partial charge >= 0.3 is 0 Å². The molecule has 0 radical (unpaired) electrons. The van der Waals surface area contributed by atoms with Gasteiger partial charge in [0.1, 0.15) is 0 Å². The minimum atomic E-state index is -0.564. The average Bonchev–Trinajstić information content (AvgIpc) is 2.45. The summed E-state index contributed by atoms with van der Waals surface area (Å²) in [7, 11) is 3.31. The fourth-order valence-electron chi connectivity index (χ4n) is 2.83. The van der Waals surface area contributed by atoms with Gasteiger partial charge in [0, 0.05) is 12.1 Å². The van der Waals surface area contributed by atoms with Crippen molar-refractivity contribution >= 4 is 0 Å². The Hall–Kier alpha value is -1.26. The Kier molecular flexibility index (Phi) is 7.86. The van der Waals surface area contributed by atoms with Gasteiger partial charge in [-0.1, -0.05) is 6.07 Å². The lowest BCUT2D eigenvalue weighted by atomic mass is 9.99. The number of nitrogens with one attached hydrogen (secondary N) is 1. The third-order valence-corrected chi connectivity index (χ3v) is 3.98. The zero-order chi connectivity index (χ0) is 17.5. The molecule has 0 saturated carbocycles. The summed E-state index contributed by atoms with van der Waals surface area (Å²) in [5.41, 5.74) is 0.664. The SMILES string of the molecule is COc1ccc(C[C@@H](C)N[C@@H](C)CCCC(C)(C)O)cc1OC. The molecule has 23 heavy (non-hydrogen) atoms. The molecule has 0 spiro atoms. The van der Waals surface area contributed by atoms with E-state index in [9.17, 15) is 5.11 Å². The van der Waals surface area contributed by atoms with E-state index in [0.717, 1.165) is 37.2 Å². The molecule has 0 amide bonds. The highest BCUT2D eigenvalue weighted by Gasteiger charge is 2.14. The van der Waals surface area contributed by atoms with Crippen LogP contribution in [0.4, 0.5) is 0 Å². The second kappa shape index (κ2) is 9.14. The average molecular weight is 323 g/mol. The van der Waals surface area contributed by atoms with Crippen molar-refractivity contribution in [1.82, 2.24) is 5.32 Å². The van der Waals surface area contributed by atoms with Gasteiger partial charge < -0.3 is 19.9 Å². The molecule has 132 valence electrons. The van der Waals surface area contributed by atoms with E-state index in [1.807, 2.05) is 26.0 Å². The van der Waals surface area contributed by atoms with E-state index in [1.165, 1.54) is 5.56 Å². The molecule has 1 aromatic rings. The van der Waals surface area contributed by atoms with Gasteiger partial charge in [0.15, 0.2) is 11.5 Å².